The van der Waals surface area contributed by atoms with Crippen molar-refractivity contribution >= 4 is 17.5 Å². The van der Waals surface area contributed by atoms with Crippen molar-refractivity contribution in [1.29, 1.82) is 0 Å². The van der Waals surface area contributed by atoms with Gasteiger partial charge < -0.3 is 9.47 Å². The van der Waals surface area contributed by atoms with E-state index in [2.05, 4.69) is 19.1 Å². The lowest BCUT2D eigenvalue weighted by molar-refractivity contribution is 0.0720. The zero-order valence-electron chi connectivity index (χ0n) is 26.7. The molecule has 0 radical (unpaired) electrons. The molecule has 2 atom stereocenters. The van der Waals surface area contributed by atoms with E-state index < -0.39 is 23.6 Å². The van der Waals surface area contributed by atoms with Gasteiger partial charge in [0.25, 0.3) is 0 Å². The molecule has 0 saturated heterocycles. The average molecular weight is 639 g/mol. The number of carbonyl (C=O) groups is 2. The molecule has 0 aromatic heterocycles. The van der Waals surface area contributed by atoms with Crippen molar-refractivity contribution in [3.05, 3.63) is 160 Å². The van der Waals surface area contributed by atoms with Crippen LogP contribution in [0.15, 0.2) is 115 Å². The molecule has 2 aliphatic carbocycles. The maximum absolute atomic E-state index is 15.0. The van der Waals surface area contributed by atoms with Crippen molar-refractivity contribution in [3.8, 4) is 33.8 Å². The van der Waals surface area contributed by atoms with Crippen LogP contribution >= 0.6 is 0 Å². The third-order valence-electron chi connectivity index (χ3n) is 9.10. The molecule has 6 heteroatoms. The topological polar surface area (TPSA) is 52.6 Å². The van der Waals surface area contributed by atoms with Crippen LogP contribution < -0.4 is 9.47 Å². The summed E-state index contributed by atoms with van der Waals surface area (Å²) < 4.78 is 41.3. The fourth-order valence-corrected chi connectivity index (χ4v) is 6.32. The number of halogens is 2. The fourth-order valence-electron chi connectivity index (χ4n) is 6.32. The van der Waals surface area contributed by atoms with E-state index in [1.54, 1.807) is 36.4 Å². The third kappa shape index (κ3) is 5.97. The second-order valence-electron chi connectivity index (χ2n) is 12.5. The number of ether oxygens (including phenoxy) is 2. The highest BCUT2D eigenvalue weighted by Gasteiger charge is 2.28. The number of aryl methyl sites for hydroxylation is 1. The van der Waals surface area contributed by atoms with Gasteiger partial charge in [-0.3, -0.25) is 0 Å². The first-order valence-corrected chi connectivity index (χ1v) is 15.9. The predicted molar refractivity (Wildman–Crippen MR) is 183 cm³/mol. The molecular weight excluding hydrogens is 606 g/mol. The molecule has 0 fully saturated rings. The molecule has 5 aromatic rings. The minimum absolute atomic E-state index is 0.117. The van der Waals surface area contributed by atoms with Gasteiger partial charge in [0.05, 0.1) is 11.1 Å². The molecule has 0 aliphatic heterocycles. The summed E-state index contributed by atoms with van der Waals surface area (Å²) in [5, 5.41) is 0. The lowest BCUT2D eigenvalue weighted by Gasteiger charge is -2.13. The van der Waals surface area contributed by atoms with E-state index in [0.29, 0.717) is 28.5 Å². The number of rotatable bonds is 6. The molecule has 0 bridgehead atoms. The van der Waals surface area contributed by atoms with Gasteiger partial charge in [0.15, 0.2) is 0 Å². The average Bonchev–Trinajstić information content (AvgIpc) is 3.35. The van der Waals surface area contributed by atoms with Crippen LogP contribution in [0.3, 0.4) is 0 Å². The third-order valence-corrected chi connectivity index (χ3v) is 9.10. The molecule has 2 aliphatic rings. The molecule has 4 nitrogen and oxygen atoms in total. The largest absolute Gasteiger partial charge is 0.423 e. The Bertz CT molecular complexity index is 2160. The number of hydrogen-bond acceptors (Lipinski definition) is 4. The molecule has 0 saturated carbocycles. The van der Waals surface area contributed by atoms with E-state index in [0.717, 1.165) is 45.4 Å². The maximum atomic E-state index is 15.0. The molecular formula is C42H32F2O4. The lowest BCUT2D eigenvalue weighted by atomic mass is 9.94. The molecule has 2 unspecified atom stereocenters. The van der Waals surface area contributed by atoms with Crippen LogP contribution in [-0.4, -0.2) is 11.9 Å². The van der Waals surface area contributed by atoms with Crippen LogP contribution in [0.5, 0.6) is 11.5 Å². The van der Waals surface area contributed by atoms with Gasteiger partial charge in [-0.1, -0.05) is 86.2 Å². The van der Waals surface area contributed by atoms with Gasteiger partial charge in [-0.05, 0) is 112 Å². The molecule has 238 valence electrons. The van der Waals surface area contributed by atoms with Crippen molar-refractivity contribution in [2.24, 2.45) is 5.92 Å². The summed E-state index contributed by atoms with van der Waals surface area (Å²) in [6.07, 6.45) is 7.01. The Hall–Kier alpha value is -5.62. The number of benzene rings is 5. The number of carbonyl (C=O) groups excluding carboxylic acids is 2. The van der Waals surface area contributed by atoms with Crippen LogP contribution in [0, 0.1) is 24.5 Å². The minimum atomic E-state index is -0.790. The van der Waals surface area contributed by atoms with Crippen molar-refractivity contribution in [1.82, 2.24) is 0 Å². The highest BCUT2D eigenvalue weighted by Crippen LogP contribution is 2.47. The monoisotopic (exact) mass is 638 g/mol. The molecule has 48 heavy (non-hydrogen) atoms. The molecule has 5 aromatic carbocycles. The summed E-state index contributed by atoms with van der Waals surface area (Å²) in [5.41, 5.74) is 7.69. The number of allylic oxidation sites excluding steroid dienone is 4. The molecule has 7 rings (SSSR count). The molecule has 0 spiro atoms. The lowest BCUT2D eigenvalue weighted by Crippen LogP contribution is -2.11. The predicted octanol–water partition coefficient (Wildman–Crippen LogP) is 10.5. The first-order chi connectivity index (χ1) is 23.1. The zero-order valence-corrected chi connectivity index (χ0v) is 26.7. The first kappa shape index (κ1) is 31.0. The standard InChI is InChI=1S/C42H32F2O4/c1-24-4-8-27(9-5-24)29-12-16-35(39(43)20-29)41(45)47-31-14-18-33-34-19-15-32(23-38(34)26(3)37(33)22-31)48-42(46)36-17-13-30(21-40(36)44)28-10-6-25(2)7-11-28/h4-6,8-23,25-26H,7H2,1-3H3. The van der Waals surface area contributed by atoms with Crippen molar-refractivity contribution in [3.63, 3.8) is 0 Å². The Kier molecular flexibility index (Phi) is 8.09. The second kappa shape index (κ2) is 12.5. The van der Waals surface area contributed by atoms with E-state index in [1.807, 2.05) is 56.3 Å². The number of fused-ring (bicyclic) bond motifs is 3. The van der Waals surface area contributed by atoms with Gasteiger partial charge in [0.1, 0.15) is 23.1 Å². The highest BCUT2D eigenvalue weighted by molar-refractivity contribution is 5.93. The normalized spacial score (nSPS) is 16.1. The van der Waals surface area contributed by atoms with E-state index >= 15 is 8.78 Å². The second-order valence-corrected chi connectivity index (χ2v) is 12.5. The van der Waals surface area contributed by atoms with Gasteiger partial charge in [-0.25, -0.2) is 18.4 Å². The van der Waals surface area contributed by atoms with Gasteiger partial charge in [-0.15, -0.1) is 0 Å². The van der Waals surface area contributed by atoms with Gasteiger partial charge >= 0.3 is 11.9 Å². The van der Waals surface area contributed by atoms with Crippen molar-refractivity contribution in [2.75, 3.05) is 0 Å². The summed E-state index contributed by atoms with van der Waals surface area (Å²) in [5.74, 6) is -1.96. The molecule has 0 N–H and O–H groups in total. The maximum Gasteiger partial charge on any atom is 0.346 e. The number of hydrogen-bond donors (Lipinski definition) is 0. The Morgan fingerprint density at radius 3 is 1.69 bits per heavy atom. The van der Waals surface area contributed by atoms with Gasteiger partial charge in [0.2, 0.25) is 0 Å². The SMILES string of the molecule is Cc1ccc(-c2ccc(C(=O)Oc3ccc4c(c3)C(C)c3cc(OC(=O)c5ccc(C6=CCC(C)C=C6)cc5F)ccc3-4)c(F)c2)cc1. The first-order valence-electron chi connectivity index (χ1n) is 15.9. The van der Waals surface area contributed by atoms with Gasteiger partial charge in [-0.2, -0.15) is 0 Å². The van der Waals surface area contributed by atoms with E-state index in [4.69, 9.17) is 9.47 Å². The summed E-state index contributed by atoms with van der Waals surface area (Å²) in [6, 6.07) is 27.4. The van der Waals surface area contributed by atoms with Crippen LogP contribution in [-0.2, 0) is 0 Å². The van der Waals surface area contributed by atoms with Crippen LogP contribution in [0.25, 0.3) is 27.8 Å². The van der Waals surface area contributed by atoms with Crippen LogP contribution in [0.1, 0.15) is 69.2 Å². The Labute approximate surface area is 278 Å². The fraction of sp³-hybridized carbons (Fsp3) is 0.143. The summed E-state index contributed by atoms with van der Waals surface area (Å²) in [7, 11) is 0. The number of esters is 2. The van der Waals surface area contributed by atoms with Crippen LogP contribution in [0.4, 0.5) is 8.78 Å². The minimum Gasteiger partial charge on any atom is -0.423 e. The summed E-state index contributed by atoms with van der Waals surface area (Å²) in [6.45, 7) is 6.10. The van der Waals surface area contributed by atoms with E-state index in [1.165, 1.54) is 24.3 Å². The smallest absolute Gasteiger partial charge is 0.346 e. The summed E-state index contributed by atoms with van der Waals surface area (Å²) >= 11 is 0. The molecule has 0 amide bonds. The Balaban J connectivity index is 1.05. The van der Waals surface area contributed by atoms with E-state index in [-0.39, 0.29) is 17.0 Å². The quantitative estimate of drug-likeness (QED) is 0.137. The Morgan fingerprint density at radius 2 is 1.17 bits per heavy atom. The van der Waals surface area contributed by atoms with Gasteiger partial charge in [0, 0.05) is 5.92 Å². The summed E-state index contributed by atoms with van der Waals surface area (Å²) in [4.78, 5) is 26.0. The molecule has 0 heterocycles. The highest BCUT2D eigenvalue weighted by atomic mass is 19.1. The zero-order chi connectivity index (χ0) is 33.5. The van der Waals surface area contributed by atoms with E-state index in [9.17, 15) is 9.59 Å². The van der Waals surface area contributed by atoms with Crippen LogP contribution in [0.2, 0.25) is 0 Å². The van der Waals surface area contributed by atoms with Crippen molar-refractivity contribution in [2.45, 2.75) is 33.1 Å². The Morgan fingerprint density at radius 1 is 0.646 bits per heavy atom. The van der Waals surface area contributed by atoms with Crippen molar-refractivity contribution < 1.29 is 27.8 Å².